The number of imide groups is 1. The molecule has 0 aromatic carbocycles. The van der Waals surface area contributed by atoms with E-state index in [0.29, 0.717) is 25.4 Å². The maximum atomic E-state index is 11.5. The van der Waals surface area contributed by atoms with E-state index in [-0.39, 0.29) is 6.54 Å². The molecule has 106 valence electrons. The van der Waals surface area contributed by atoms with Gasteiger partial charge in [-0.2, -0.15) is 0 Å². The van der Waals surface area contributed by atoms with Gasteiger partial charge >= 0.3 is 6.03 Å². The molecule has 0 aliphatic rings. The molecule has 0 aliphatic carbocycles. The van der Waals surface area contributed by atoms with Gasteiger partial charge in [-0.15, -0.1) is 5.10 Å². The highest BCUT2D eigenvalue weighted by Crippen LogP contribution is 1.93. The second-order valence-electron chi connectivity index (χ2n) is 4.60. The number of aromatic nitrogens is 3. The smallest absolute Gasteiger partial charge is 0.321 e. The fraction of sp³-hybridized carbons (Fsp3) is 0.636. The van der Waals surface area contributed by atoms with E-state index in [9.17, 15) is 9.59 Å². The molecular weight excluding hydrogens is 248 g/mol. The summed E-state index contributed by atoms with van der Waals surface area (Å²) in [7, 11) is 0. The lowest BCUT2D eigenvalue weighted by atomic mass is 10.2. The van der Waals surface area contributed by atoms with Crippen molar-refractivity contribution in [2.24, 2.45) is 11.7 Å². The van der Waals surface area contributed by atoms with Gasteiger partial charge in [0.2, 0.25) is 5.91 Å². The van der Waals surface area contributed by atoms with Crippen molar-refractivity contribution in [2.75, 3.05) is 13.1 Å². The Morgan fingerprint density at radius 3 is 2.84 bits per heavy atom. The average Bonchev–Trinajstić information content (AvgIpc) is 2.74. The Labute approximate surface area is 111 Å². The second kappa shape index (κ2) is 7.47. The van der Waals surface area contributed by atoms with Crippen molar-refractivity contribution >= 4 is 11.9 Å². The second-order valence-corrected chi connectivity index (χ2v) is 4.60. The highest BCUT2D eigenvalue weighted by atomic mass is 16.2. The minimum atomic E-state index is -0.499. The monoisotopic (exact) mass is 268 g/mol. The average molecular weight is 268 g/mol. The molecule has 8 heteroatoms. The number of nitrogens with two attached hydrogens (primary N) is 1. The highest BCUT2D eigenvalue weighted by molar-refractivity contribution is 5.94. The summed E-state index contributed by atoms with van der Waals surface area (Å²) in [5, 5.41) is 12.4. The molecule has 0 atom stereocenters. The fourth-order valence-corrected chi connectivity index (χ4v) is 1.33. The van der Waals surface area contributed by atoms with Gasteiger partial charge in [0.15, 0.2) is 0 Å². The lowest BCUT2D eigenvalue weighted by Crippen LogP contribution is -2.42. The largest absolute Gasteiger partial charge is 0.338 e. The van der Waals surface area contributed by atoms with Crippen LogP contribution in [0.25, 0.3) is 0 Å². The molecule has 0 radical (unpaired) electrons. The van der Waals surface area contributed by atoms with Crippen molar-refractivity contribution in [3.8, 4) is 0 Å². The van der Waals surface area contributed by atoms with Crippen molar-refractivity contribution in [1.82, 2.24) is 25.6 Å². The Balaban J connectivity index is 2.35. The zero-order valence-electron chi connectivity index (χ0n) is 11.2. The third-order valence-electron chi connectivity index (χ3n) is 2.22. The number of carbonyl (C=O) groups is 2. The molecule has 0 unspecified atom stereocenters. The first kappa shape index (κ1) is 15.1. The van der Waals surface area contributed by atoms with E-state index < -0.39 is 11.9 Å². The summed E-state index contributed by atoms with van der Waals surface area (Å²) in [4.78, 5) is 22.9. The first-order chi connectivity index (χ1) is 9.01. The Kier molecular flexibility index (Phi) is 5.94. The van der Waals surface area contributed by atoms with Crippen molar-refractivity contribution in [1.29, 1.82) is 0 Å². The fourth-order valence-electron chi connectivity index (χ4n) is 1.33. The lowest BCUT2D eigenvalue weighted by Gasteiger charge is -2.08. The molecule has 0 bridgehead atoms. The molecule has 1 aromatic heterocycles. The van der Waals surface area contributed by atoms with Gasteiger partial charge in [-0.05, 0) is 12.5 Å². The molecule has 1 heterocycles. The van der Waals surface area contributed by atoms with Crippen molar-refractivity contribution in [3.05, 3.63) is 11.9 Å². The number of nitrogens with zero attached hydrogens (tertiary/aromatic N) is 3. The van der Waals surface area contributed by atoms with E-state index >= 15 is 0 Å². The number of rotatable bonds is 6. The van der Waals surface area contributed by atoms with E-state index in [4.69, 9.17) is 5.73 Å². The Hall–Kier alpha value is -1.96. The third kappa shape index (κ3) is 5.96. The molecule has 0 aliphatic heterocycles. The number of nitrogens with one attached hydrogen (secondary N) is 2. The Morgan fingerprint density at radius 1 is 1.47 bits per heavy atom. The molecule has 1 aromatic rings. The van der Waals surface area contributed by atoms with Crippen molar-refractivity contribution in [3.63, 3.8) is 0 Å². The number of amides is 3. The van der Waals surface area contributed by atoms with E-state index in [2.05, 4.69) is 20.9 Å². The predicted octanol–water partition coefficient (Wildman–Crippen LogP) is -0.739. The first-order valence-corrected chi connectivity index (χ1v) is 6.18. The summed E-state index contributed by atoms with van der Waals surface area (Å²) in [6.07, 6.45) is 2.24. The van der Waals surface area contributed by atoms with Gasteiger partial charge < -0.3 is 11.1 Å². The molecule has 0 saturated heterocycles. The topological polar surface area (TPSA) is 115 Å². The van der Waals surface area contributed by atoms with Crippen LogP contribution >= 0.6 is 0 Å². The van der Waals surface area contributed by atoms with Gasteiger partial charge in [-0.25, -0.2) is 9.48 Å². The lowest BCUT2D eigenvalue weighted by molar-refractivity contribution is -0.120. The normalized spacial score (nSPS) is 10.5. The first-order valence-electron chi connectivity index (χ1n) is 6.18. The van der Waals surface area contributed by atoms with E-state index in [0.717, 1.165) is 5.69 Å². The van der Waals surface area contributed by atoms with Crippen LogP contribution in [0.2, 0.25) is 0 Å². The molecule has 0 saturated carbocycles. The summed E-state index contributed by atoms with van der Waals surface area (Å²) in [5.41, 5.74) is 6.11. The quantitative estimate of drug-likeness (QED) is 0.628. The van der Waals surface area contributed by atoms with Gasteiger partial charge in [0.1, 0.15) is 6.54 Å². The third-order valence-corrected chi connectivity index (χ3v) is 2.22. The number of carbonyl (C=O) groups excluding carboxylic acids is 2. The molecule has 0 fully saturated rings. The van der Waals surface area contributed by atoms with Crippen LogP contribution in [0, 0.1) is 5.92 Å². The molecule has 19 heavy (non-hydrogen) atoms. The maximum absolute atomic E-state index is 11.5. The van der Waals surface area contributed by atoms with Gasteiger partial charge in [0.25, 0.3) is 0 Å². The zero-order valence-corrected chi connectivity index (χ0v) is 11.2. The zero-order chi connectivity index (χ0) is 14.3. The van der Waals surface area contributed by atoms with Crippen LogP contribution in [0.3, 0.4) is 0 Å². The summed E-state index contributed by atoms with van der Waals surface area (Å²) < 4.78 is 1.37. The van der Waals surface area contributed by atoms with Gasteiger partial charge in [0.05, 0.1) is 5.69 Å². The van der Waals surface area contributed by atoms with Crippen LogP contribution in [0.4, 0.5) is 4.79 Å². The minimum absolute atomic E-state index is 0.0489. The standard InChI is InChI=1S/C11H20N6O2/c1-8(2)5-13-11(19)14-10(18)7-17-6-9(3-4-12)15-16-17/h6,8H,3-5,7,12H2,1-2H3,(H2,13,14,18,19). The Morgan fingerprint density at radius 2 is 2.21 bits per heavy atom. The summed E-state index contributed by atoms with van der Waals surface area (Å²) in [6.45, 7) is 4.88. The number of urea groups is 1. The van der Waals surface area contributed by atoms with Gasteiger partial charge in [-0.1, -0.05) is 19.1 Å². The van der Waals surface area contributed by atoms with E-state index in [1.807, 2.05) is 13.8 Å². The molecule has 8 nitrogen and oxygen atoms in total. The van der Waals surface area contributed by atoms with Crippen LogP contribution in [0.15, 0.2) is 6.20 Å². The predicted molar refractivity (Wildman–Crippen MR) is 69.2 cm³/mol. The summed E-state index contributed by atoms with van der Waals surface area (Å²) >= 11 is 0. The number of hydrogen-bond acceptors (Lipinski definition) is 5. The summed E-state index contributed by atoms with van der Waals surface area (Å²) in [5.74, 6) is -0.111. The van der Waals surface area contributed by atoms with Crippen molar-refractivity contribution in [2.45, 2.75) is 26.8 Å². The maximum Gasteiger partial charge on any atom is 0.321 e. The molecule has 1 rings (SSSR count). The minimum Gasteiger partial charge on any atom is -0.338 e. The van der Waals surface area contributed by atoms with Crippen LogP contribution in [-0.2, 0) is 17.8 Å². The molecule has 4 N–H and O–H groups in total. The molecular formula is C11H20N6O2. The highest BCUT2D eigenvalue weighted by Gasteiger charge is 2.09. The molecule has 3 amide bonds. The van der Waals surface area contributed by atoms with Crippen LogP contribution in [0.5, 0.6) is 0 Å². The van der Waals surface area contributed by atoms with Crippen molar-refractivity contribution < 1.29 is 9.59 Å². The van der Waals surface area contributed by atoms with Crippen LogP contribution in [0.1, 0.15) is 19.5 Å². The molecule has 0 spiro atoms. The van der Waals surface area contributed by atoms with Crippen LogP contribution in [-0.4, -0.2) is 40.0 Å². The van der Waals surface area contributed by atoms with E-state index in [1.54, 1.807) is 6.20 Å². The SMILES string of the molecule is CC(C)CNC(=O)NC(=O)Cn1cc(CCN)nn1. The van der Waals surface area contributed by atoms with Gasteiger partial charge in [0, 0.05) is 19.2 Å². The Bertz CT molecular complexity index is 429. The van der Waals surface area contributed by atoms with E-state index in [1.165, 1.54) is 4.68 Å². The number of hydrogen-bond donors (Lipinski definition) is 3. The van der Waals surface area contributed by atoms with Gasteiger partial charge in [-0.3, -0.25) is 10.1 Å². The van der Waals surface area contributed by atoms with Crippen LogP contribution < -0.4 is 16.4 Å². The summed E-state index contributed by atoms with van der Waals surface area (Å²) in [6, 6.07) is -0.499.